The maximum absolute atomic E-state index is 12.5. The topological polar surface area (TPSA) is 46.1 Å². The van der Waals surface area contributed by atoms with Gasteiger partial charge >= 0.3 is 0 Å². The second-order valence-electron chi connectivity index (χ2n) is 4.47. The lowest BCUT2D eigenvalue weighted by Crippen LogP contribution is -2.26. The first-order valence-corrected chi connectivity index (χ1v) is 7.11. The number of carbonyl (C=O) groups is 1. The Balaban J connectivity index is 1.92. The molecule has 0 saturated carbocycles. The zero-order valence-corrected chi connectivity index (χ0v) is 11.8. The number of benzene rings is 1. The fraction of sp³-hybridized carbons (Fsp3) is 0.133. The molecule has 0 radical (unpaired) electrons. The lowest BCUT2D eigenvalue weighted by Gasteiger charge is -2.16. The Morgan fingerprint density at radius 3 is 2.85 bits per heavy atom. The molecule has 2 aromatic heterocycles. The molecule has 3 rings (SSSR count). The van der Waals surface area contributed by atoms with E-state index >= 15 is 0 Å². The zero-order chi connectivity index (χ0) is 13.9. The summed E-state index contributed by atoms with van der Waals surface area (Å²) in [4.78, 5) is 22.7. The average Bonchev–Trinajstić information content (AvgIpc) is 2.99. The Morgan fingerprint density at radius 1 is 1.20 bits per heavy atom. The van der Waals surface area contributed by atoms with Gasteiger partial charge in [-0.2, -0.15) is 0 Å². The van der Waals surface area contributed by atoms with Crippen molar-refractivity contribution in [1.82, 2.24) is 14.9 Å². The van der Waals surface area contributed by atoms with Crippen molar-refractivity contribution in [2.45, 2.75) is 6.54 Å². The van der Waals surface area contributed by atoms with E-state index in [1.807, 2.05) is 35.7 Å². The number of para-hydroxylation sites is 1. The van der Waals surface area contributed by atoms with Gasteiger partial charge in [-0.3, -0.25) is 9.78 Å². The smallest absolute Gasteiger partial charge is 0.256 e. The minimum Gasteiger partial charge on any atom is -0.335 e. The lowest BCUT2D eigenvalue weighted by molar-refractivity contribution is 0.0786. The van der Waals surface area contributed by atoms with Gasteiger partial charge in [-0.25, -0.2) is 4.98 Å². The van der Waals surface area contributed by atoms with Crippen molar-refractivity contribution in [3.05, 3.63) is 58.7 Å². The number of thiazole rings is 1. The van der Waals surface area contributed by atoms with Crippen LogP contribution in [0.25, 0.3) is 10.9 Å². The summed E-state index contributed by atoms with van der Waals surface area (Å²) in [7, 11) is 1.78. The van der Waals surface area contributed by atoms with E-state index in [1.54, 1.807) is 35.7 Å². The maximum atomic E-state index is 12.5. The Hall–Kier alpha value is -2.27. The molecule has 4 nitrogen and oxygen atoms in total. The third-order valence-corrected chi connectivity index (χ3v) is 3.83. The van der Waals surface area contributed by atoms with E-state index in [4.69, 9.17) is 0 Å². The quantitative estimate of drug-likeness (QED) is 0.742. The maximum Gasteiger partial charge on any atom is 0.256 e. The van der Waals surface area contributed by atoms with Crippen LogP contribution in [0.5, 0.6) is 0 Å². The highest BCUT2D eigenvalue weighted by atomic mass is 32.1. The van der Waals surface area contributed by atoms with Gasteiger partial charge in [0.25, 0.3) is 5.91 Å². The SMILES string of the molecule is CN(Cc1nccs1)C(=O)c1cccc2cccnc12. The van der Waals surface area contributed by atoms with Gasteiger partial charge in [0, 0.05) is 30.2 Å². The Morgan fingerprint density at radius 2 is 2.05 bits per heavy atom. The number of hydrogen-bond acceptors (Lipinski definition) is 4. The first kappa shape index (κ1) is 12.7. The third kappa shape index (κ3) is 2.40. The summed E-state index contributed by atoms with van der Waals surface area (Å²) in [5.41, 5.74) is 1.37. The number of pyridine rings is 1. The predicted octanol–water partition coefficient (Wildman–Crippen LogP) is 2.96. The van der Waals surface area contributed by atoms with Crippen LogP contribution in [0.2, 0.25) is 0 Å². The minimum absolute atomic E-state index is 0.0375. The van der Waals surface area contributed by atoms with Crippen LogP contribution in [0, 0.1) is 0 Å². The summed E-state index contributed by atoms with van der Waals surface area (Å²) in [6.45, 7) is 0.514. The summed E-state index contributed by atoms with van der Waals surface area (Å²) >= 11 is 1.55. The molecule has 0 unspecified atom stereocenters. The Bertz CT molecular complexity index is 734. The van der Waals surface area contributed by atoms with Crippen LogP contribution in [-0.4, -0.2) is 27.8 Å². The molecule has 0 saturated heterocycles. The molecule has 5 heteroatoms. The molecule has 0 fully saturated rings. The third-order valence-electron chi connectivity index (χ3n) is 3.07. The van der Waals surface area contributed by atoms with Gasteiger partial charge in [0.15, 0.2) is 0 Å². The van der Waals surface area contributed by atoms with Crippen molar-refractivity contribution in [1.29, 1.82) is 0 Å². The average molecular weight is 283 g/mol. The Kier molecular flexibility index (Phi) is 3.43. The van der Waals surface area contributed by atoms with Crippen LogP contribution in [0.4, 0.5) is 0 Å². The predicted molar refractivity (Wildman–Crippen MR) is 79.7 cm³/mol. The molecule has 0 N–H and O–H groups in total. The fourth-order valence-electron chi connectivity index (χ4n) is 2.09. The molecule has 0 aliphatic carbocycles. The van der Waals surface area contributed by atoms with Crippen LogP contribution < -0.4 is 0 Å². The van der Waals surface area contributed by atoms with Gasteiger partial charge in [0.2, 0.25) is 0 Å². The standard InChI is InChI=1S/C15H13N3OS/c1-18(10-13-16-8-9-20-13)15(19)12-6-2-4-11-5-3-7-17-14(11)12/h2-9H,10H2,1H3. The first-order chi connectivity index (χ1) is 9.75. The number of carbonyl (C=O) groups excluding carboxylic acids is 1. The van der Waals surface area contributed by atoms with E-state index in [-0.39, 0.29) is 5.91 Å². The summed E-state index contributed by atoms with van der Waals surface area (Å²) < 4.78 is 0. The van der Waals surface area contributed by atoms with E-state index in [9.17, 15) is 4.79 Å². The lowest BCUT2D eigenvalue weighted by atomic mass is 10.1. The fourth-order valence-corrected chi connectivity index (χ4v) is 2.76. The molecule has 0 spiro atoms. The largest absolute Gasteiger partial charge is 0.335 e. The molecule has 1 aromatic carbocycles. The van der Waals surface area contributed by atoms with Crippen molar-refractivity contribution >= 4 is 28.1 Å². The Labute approximate surface area is 120 Å². The number of aromatic nitrogens is 2. The molecule has 0 atom stereocenters. The second-order valence-corrected chi connectivity index (χ2v) is 5.45. The van der Waals surface area contributed by atoms with Crippen LogP contribution in [0.1, 0.15) is 15.4 Å². The van der Waals surface area contributed by atoms with E-state index in [0.29, 0.717) is 12.1 Å². The zero-order valence-electron chi connectivity index (χ0n) is 11.0. The van der Waals surface area contributed by atoms with Crippen LogP contribution in [-0.2, 0) is 6.54 Å². The summed E-state index contributed by atoms with van der Waals surface area (Å²) in [6, 6.07) is 9.49. The van der Waals surface area contributed by atoms with Crippen molar-refractivity contribution in [2.24, 2.45) is 0 Å². The molecule has 0 bridgehead atoms. The monoisotopic (exact) mass is 283 g/mol. The number of fused-ring (bicyclic) bond motifs is 1. The molecule has 0 aliphatic heterocycles. The number of hydrogen-bond donors (Lipinski definition) is 0. The first-order valence-electron chi connectivity index (χ1n) is 6.23. The normalized spacial score (nSPS) is 10.7. The molecule has 100 valence electrons. The number of rotatable bonds is 3. The molecule has 0 aliphatic rings. The van der Waals surface area contributed by atoms with Crippen molar-refractivity contribution < 1.29 is 4.79 Å². The molecule has 1 amide bonds. The van der Waals surface area contributed by atoms with E-state index in [2.05, 4.69) is 9.97 Å². The molecular weight excluding hydrogens is 270 g/mol. The number of amides is 1. The minimum atomic E-state index is -0.0375. The van der Waals surface area contributed by atoms with E-state index in [1.165, 1.54) is 0 Å². The summed E-state index contributed by atoms with van der Waals surface area (Å²) in [5.74, 6) is -0.0375. The van der Waals surface area contributed by atoms with E-state index in [0.717, 1.165) is 15.9 Å². The molecule has 3 aromatic rings. The second kappa shape index (κ2) is 5.38. The van der Waals surface area contributed by atoms with Gasteiger partial charge in [0.05, 0.1) is 17.6 Å². The highest BCUT2D eigenvalue weighted by Crippen LogP contribution is 2.18. The van der Waals surface area contributed by atoms with Gasteiger partial charge in [0.1, 0.15) is 5.01 Å². The summed E-state index contributed by atoms with van der Waals surface area (Å²) in [6.07, 6.45) is 3.46. The molecule has 2 heterocycles. The molecular formula is C15H13N3OS. The van der Waals surface area contributed by atoms with Crippen LogP contribution in [0.3, 0.4) is 0 Å². The highest BCUT2D eigenvalue weighted by Gasteiger charge is 2.16. The van der Waals surface area contributed by atoms with Gasteiger partial charge in [-0.1, -0.05) is 18.2 Å². The van der Waals surface area contributed by atoms with Crippen molar-refractivity contribution in [2.75, 3.05) is 7.05 Å². The number of nitrogens with zero attached hydrogens (tertiary/aromatic N) is 3. The van der Waals surface area contributed by atoms with E-state index < -0.39 is 0 Å². The van der Waals surface area contributed by atoms with Gasteiger partial charge in [-0.05, 0) is 12.1 Å². The van der Waals surface area contributed by atoms with Crippen molar-refractivity contribution in [3.8, 4) is 0 Å². The summed E-state index contributed by atoms with van der Waals surface area (Å²) in [5, 5.41) is 3.81. The van der Waals surface area contributed by atoms with Crippen LogP contribution in [0.15, 0.2) is 48.1 Å². The van der Waals surface area contributed by atoms with Crippen molar-refractivity contribution in [3.63, 3.8) is 0 Å². The van der Waals surface area contributed by atoms with Gasteiger partial charge < -0.3 is 4.90 Å². The van der Waals surface area contributed by atoms with Gasteiger partial charge in [-0.15, -0.1) is 11.3 Å². The highest BCUT2D eigenvalue weighted by molar-refractivity contribution is 7.09. The molecule has 20 heavy (non-hydrogen) atoms. The van der Waals surface area contributed by atoms with Crippen LogP contribution >= 0.6 is 11.3 Å².